The van der Waals surface area contributed by atoms with Crippen molar-refractivity contribution >= 4 is 5.57 Å². The van der Waals surface area contributed by atoms with Crippen LogP contribution >= 0.6 is 0 Å². The van der Waals surface area contributed by atoms with Crippen molar-refractivity contribution in [1.29, 1.82) is 0 Å². The fraction of sp³-hybridized carbons (Fsp3) is 0.576. The molecule has 2 aromatic rings. The Kier molecular flexibility index (Phi) is 11.8. The molecule has 0 aliphatic heterocycles. The van der Waals surface area contributed by atoms with E-state index in [1.54, 1.807) is 5.57 Å². The third kappa shape index (κ3) is 8.64. The standard InChI is InChI=1S/C33H48O/c1-4-6-8-9-10-12-26-34-33-24-22-32(23-25-33)31-20-18-30(19-21-31)29-16-14-28(15-17-29)27(3)13-11-7-5-2/h16,18-25,27-28H,4-15,17,26H2,1-3H3. The number of hydrogen-bond donors (Lipinski definition) is 0. The molecule has 0 bridgehead atoms. The molecule has 186 valence electrons. The molecule has 2 aromatic carbocycles. The van der Waals surface area contributed by atoms with Gasteiger partial charge in [0.15, 0.2) is 0 Å². The van der Waals surface area contributed by atoms with Gasteiger partial charge in [0.2, 0.25) is 0 Å². The summed E-state index contributed by atoms with van der Waals surface area (Å²) in [5.41, 5.74) is 5.49. The predicted molar refractivity (Wildman–Crippen MR) is 149 cm³/mol. The molecular weight excluding hydrogens is 412 g/mol. The van der Waals surface area contributed by atoms with Crippen molar-refractivity contribution in [2.75, 3.05) is 6.61 Å². The van der Waals surface area contributed by atoms with E-state index < -0.39 is 0 Å². The maximum Gasteiger partial charge on any atom is 0.119 e. The van der Waals surface area contributed by atoms with Crippen molar-refractivity contribution in [1.82, 2.24) is 0 Å². The van der Waals surface area contributed by atoms with Crippen LogP contribution in [0.15, 0.2) is 54.6 Å². The summed E-state index contributed by atoms with van der Waals surface area (Å²) in [5, 5.41) is 0. The third-order valence-electron chi connectivity index (χ3n) is 7.73. The van der Waals surface area contributed by atoms with Gasteiger partial charge in [0.1, 0.15) is 5.75 Å². The Hall–Kier alpha value is -2.02. The maximum absolute atomic E-state index is 5.95. The van der Waals surface area contributed by atoms with Crippen molar-refractivity contribution in [2.24, 2.45) is 11.8 Å². The normalized spacial score (nSPS) is 16.8. The number of hydrogen-bond acceptors (Lipinski definition) is 1. The second kappa shape index (κ2) is 15.1. The van der Waals surface area contributed by atoms with Gasteiger partial charge in [-0.05, 0) is 71.9 Å². The summed E-state index contributed by atoms with van der Waals surface area (Å²) in [5.74, 6) is 2.73. The van der Waals surface area contributed by atoms with Crippen LogP contribution in [-0.2, 0) is 0 Å². The molecular formula is C33H48O. The number of benzene rings is 2. The van der Waals surface area contributed by atoms with Gasteiger partial charge in [0.25, 0.3) is 0 Å². The minimum absolute atomic E-state index is 0.827. The first-order valence-corrected chi connectivity index (χ1v) is 14.2. The largest absolute Gasteiger partial charge is 0.494 e. The molecule has 0 radical (unpaired) electrons. The Morgan fingerprint density at radius 2 is 1.32 bits per heavy atom. The Labute approximate surface area is 210 Å². The second-order valence-electron chi connectivity index (χ2n) is 10.5. The van der Waals surface area contributed by atoms with Gasteiger partial charge in [-0.25, -0.2) is 0 Å². The molecule has 2 atom stereocenters. The Morgan fingerprint density at radius 3 is 1.97 bits per heavy atom. The Bertz CT molecular complexity index is 830. The van der Waals surface area contributed by atoms with E-state index in [4.69, 9.17) is 4.74 Å². The summed E-state index contributed by atoms with van der Waals surface area (Å²) in [6, 6.07) is 17.8. The molecule has 0 aromatic heterocycles. The molecule has 0 N–H and O–H groups in total. The molecule has 0 fully saturated rings. The van der Waals surface area contributed by atoms with Crippen LogP contribution in [0.2, 0.25) is 0 Å². The third-order valence-corrected chi connectivity index (χ3v) is 7.73. The first-order valence-electron chi connectivity index (χ1n) is 14.2. The van der Waals surface area contributed by atoms with Gasteiger partial charge in [0, 0.05) is 0 Å². The smallest absolute Gasteiger partial charge is 0.119 e. The predicted octanol–water partition coefficient (Wildman–Crippen LogP) is 10.5. The van der Waals surface area contributed by atoms with Gasteiger partial charge < -0.3 is 4.74 Å². The minimum atomic E-state index is 0.827. The molecule has 0 heterocycles. The lowest BCUT2D eigenvalue weighted by Gasteiger charge is -2.27. The monoisotopic (exact) mass is 460 g/mol. The summed E-state index contributed by atoms with van der Waals surface area (Å²) in [7, 11) is 0. The van der Waals surface area contributed by atoms with E-state index in [0.717, 1.165) is 30.6 Å². The lowest BCUT2D eigenvalue weighted by molar-refractivity contribution is 0.304. The van der Waals surface area contributed by atoms with Crippen molar-refractivity contribution < 1.29 is 4.74 Å². The van der Waals surface area contributed by atoms with E-state index in [9.17, 15) is 0 Å². The minimum Gasteiger partial charge on any atom is -0.494 e. The molecule has 0 amide bonds. The summed E-state index contributed by atoms with van der Waals surface area (Å²) in [4.78, 5) is 0. The van der Waals surface area contributed by atoms with Crippen LogP contribution in [0, 0.1) is 11.8 Å². The van der Waals surface area contributed by atoms with E-state index in [-0.39, 0.29) is 0 Å². The zero-order valence-electron chi connectivity index (χ0n) is 22.2. The van der Waals surface area contributed by atoms with Gasteiger partial charge in [-0.3, -0.25) is 0 Å². The van der Waals surface area contributed by atoms with Crippen molar-refractivity contribution in [3.8, 4) is 16.9 Å². The van der Waals surface area contributed by atoms with E-state index in [0.29, 0.717) is 0 Å². The van der Waals surface area contributed by atoms with Crippen LogP contribution in [0.25, 0.3) is 16.7 Å². The van der Waals surface area contributed by atoms with Crippen LogP contribution in [0.1, 0.15) is 110 Å². The van der Waals surface area contributed by atoms with Crippen molar-refractivity contribution in [3.63, 3.8) is 0 Å². The van der Waals surface area contributed by atoms with Gasteiger partial charge in [0.05, 0.1) is 6.61 Å². The van der Waals surface area contributed by atoms with E-state index in [2.05, 4.69) is 75.4 Å². The highest BCUT2D eigenvalue weighted by molar-refractivity contribution is 5.71. The van der Waals surface area contributed by atoms with Gasteiger partial charge in [-0.15, -0.1) is 0 Å². The van der Waals surface area contributed by atoms with Crippen molar-refractivity contribution in [3.05, 3.63) is 60.2 Å². The molecule has 0 saturated heterocycles. The lowest BCUT2D eigenvalue weighted by Crippen LogP contribution is -2.14. The molecule has 2 unspecified atom stereocenters. The average molecular weight is 461 g/mol. The number of allylic oxidation sites excluding steroid dienone is 2. The zero-order valence-corrected chi connectivity index (χ0v) is 22.2. The average Bonchev–Trinajstić information content (AvgIpc) is 2.89. The number of unbranched alkanes of at least 4 members (excludes halogenated alkanes) is 7. The SMILES string of the molecule is CCCCCCCCOc1ccc(-c2ccc(C3=CCC(C(C)CCCCC)CC3)cc2)cc1. The summed E-state index contributed by atoms with van der Waals surface area (Å²) in [6.07, 6.45) is 19.7. The first kappa shape index (κ1) is 26.6. The molecule has 1 aliphatic carbocycles. The fourth-order valence-electron chi connectivity index (χ4n) is 5.28. The van der Waals surface area contributed by atoms with E-state index >= 15 is 0 Å². The lowest BCUT2D eigenvalue weighted by atomic mass is 9.78. The number of ether oxygens (including phenoxy) is 1. The maximum atomic E-state index is 5.95. The molecule has 1 aliphatic rings. The van der Waals surface area contributed by atoms with Gasteiger partial charge in [-0.1, -0.05) is 121 Å². The molecule has 34 heavy (non-hydrogen) atoms. The first-order chi connectivity index (χ1) is 16.7. The molecule has 1 heteroatoms. The molecule has 0 spiro atoms. The molecule has 1 nitrogen and oxygen atoms in total. The van der Waals surface area contributed by atoms with E-state index in [1.807, 2.05) is 0 Å². The zero-order chi connectivity index (χ0) is 24.0. The van der Waals surface area contributed by atoms with Crippen LogP contribution in [-0.4, -0.2) is 6.61 Å². The fourth-order valence-corrected chi connectivity index (χ4v) is 5.28. The number of rotatable bonds is 15. The highest BCUT2D eigenvalue weighted by Crippen LogP contribution is 2.36. The van der Waals surface area contributed by atoms with E-state index in [1.165, 1.54) is 93.7 Å². The van der Waals surface area contributed by atoms with Crippen molar-refractivity contribution in [2.45, 2.75) is 104 Å². The Morgan fingerprint density at radius 1 is 0.735 bits per heavy atom. The summed E-state index contributed by atoms with van der Waals surface area (Å²) >= 11 is 0. The molecule has 3 rings (SSSR count). The van der Waals surface area contributed by atoms with Gasteiger partial charge >= 0.3 is 0 Å². The quantitative estimate of drug-likeness (QED) is 0.240. The van der Waals surface area contributed by atoms with Crippen LogP contribution < -0.4 is 4.74 Å². The molecule has 0 saturated carbocycles. The topological polar surface area (TPSA) is 9.23 Å². The highest BCUT2D eigenvalue weighted by atomic mass is 16.5. The summed E-state index contributed by atoms with van der Waals surface area (Å²) < 4.78 is 5.95. The van der Waals surface area contributed by atoms with Crippen LogP contribution in [0.5, 0.6) is 5.75 Å². The van der Waals surface area contributed by atoms with Crippen LogP contribution in [0.4, 0.5) is 0 Å². The highest BCUT2D eigenvalue weighted by Gasteiger charge is 2.20. The Balaban J connectivity index is 1.45. The van der Waals surface area contributed by atoms with Crippen LogP contribution in [0.3, 0.4) is 0 Å². The van der Waals surface area contributed by atoms with Gasteiger partial charge in [-0.2, -0.15) is 0 Å². The second-order valence-corrected chi connectivity index (χ2v) is 10.5. The summed E-state index contributed by atoms with van der Waals surface area (Å²) in [6.45, 7) is 7.86.